The minimum Gasteiger partial charge on any atom is -0.0984 e. The quantitative estimate of drug-likeness (QED) is 0.477. The van der Waals surface area contributed by atoms with Gasteiger partial charge in [-0.3, -0.25) is 0 Å². The van der Waals surface area contributed by atoms with Crippen LogP contribution in [0.15, 0.2) is 60.8 Å². The van der Waals surface area contributed by atoms with Crippen molar-refractivity contribution in [3.8, 4) is 0 Å². The Balaban J connectivity index is -0.000000141. The summed E-state index contributed by atoms with van der Waals surface area (Å²) in [4.78, 5) is 0. The molecule has 0 heteroatoms. The van der Waals surface area contributed by atoms with Crippen molar-refractivity contribution in [2.45, 2.75) is 55.4 Å². The molecule has 0 amide bonds. The van der Waals surface area contributed by atoms with E-state index >= 15 is 0 Å². The van der Waals surface area contributed by atoms with Crippen LogP contribution in [-0.4, -0.2) is 0 Å². The molecule has 0 aliphatic heterocycles. The largest absolute Gasteiger partial charge is 0.0984 e. The van der Waals surface area contributed by atoms with E-state index in [0.29, 0.717) is 0 Å². The fraction of sp³-hybridized carbons (Fsp3) is 0.444. The fourth-order valence-electron chi connectivity index (χ4n) is 0.923. The van der Waals surface area contributed by atoms with E-state index in [4.69, 9.17) is 0 Å². The van der Waals surface area contributed by atoms with E-state index in [-0.39, 0.29) is 0 Å². The molecule has 0 spiro atoms. The van der Waals surface area contributed by atoms with Gasteiger partial charge in [-0.05, 0) is 25.0 Å². The van der Waals surface area contributed by atoms with E-state index in [1.807, 2.05) is 91.8 Å². The van der Waals surface area contributed by atoms with E-state index in [2.05, 4.69) is 13.2 Å². The van der Waals surface area contributed by atoms with E-state index in [9.17, 15) is 0 Å². The Labute approximate surface area is 117 Å². The van der Waals surface area contributed by atoms with E-state index in [1.54, 1.807) is 0 Å². The molecule has 106 valence electrons. The minimum absolute atomic E-state index is 1.10. The zero-order valence-electron chi connectivity index (χ0n) is 13.9. The monoisotopic (exact) mass is 250 g/mol. The molecular formula is C18H34. The molecule has 0 saturated carbocycles. The standard InChI is InChI=1S/C12H16.3C2H6/c1-5-9-11(7-3)12(8-4)10-6-2;3*1-2/h5-10H,3-4H2,1-2H3;3*1-2H3/b9-5-,10-6-,12-11-;;;. The molecule has 0 atom stereocenters. The first-order chi connectivity index (χ1) is 8.79. The number of rotatable bonds is 4. The molecule has 0 aliphatic carbocycles. The van der Waals surface area contributed by atoms with Gasteiger partial charge >= 0.3 is 0 Å². The normalized spacial score (nSPS) is 10.0. The molecule has 0 fully saturated rings. The first kappa shape index (κ1) is 25.5. The molecule has 0 aromatic carbocycles. The van der Waals surface area contributed by atoms with E-state index in [0.717, 1.165) is 11.1 Å². The van der Waals surface area contributed by atoms with Crippen LogP contribution in [0, 0.1) is 0 Å². The van der Waals surface area contributed by atoms with Gasteiger partial charge in [0.2, 0.25) is 0 Å². The second-order valence-electron chi connectivity index (χ2n) is 2.32. The van der Waals surface area contributed by atoms with Crippen molar-refractivity contribution in [2.75, 3.05) is 0 Å². The van der Waals surface area contributed by atoms with Gasteiger partial charge in [0.25, 0.3) is 0 Å². The molecule has 0 aromatic heterocycles. The fourth-order valence-corrected chi connectivity index (χ4v) is 0.923. The molecule has 0 radical (unpaired) electrons. The lowest BCUT2D eigenvalue weighted by molar-refractivity contribution is 1.50. The van der Waals surface area contributed by atoms with Gasteiger partial charge in [0, 0.05) is 0 Å². The van der Waals surface area contributed by atoms with Crippen LogP contribution in [0.5, 0.6) is 0 Å². The Morgan fingerprint density at radius 3 is 0.944 bits per heavy atom. The van der Waals surface area contributed by atoms with Crippen LogP contribution in [0.4, 0.5) is 0 Å². The van der Waals surface area contributed by atoms with Gasteiger partial charge in [0.1, 0.15) is 0 Å². The van der Waals surface area contributed by atoms with E-state index in [1.165, 1.54) is 0 Å². The first-order valence-electron chi connectivity index (χ1n) is 7.04. The van der Waals surface area contributed by atoms with Gasteiger partial charge in [0.15, 0.2) is 0 Å². The highest BCUT2D eigenvalue weighted by Crippen LogP contribution is 2.10. The van der Waals surface area contributed by atoms with E-state index < -0.39 is 0 Å². The summed E-state index contributed by atoms with van der Waals surface area (Å²) in [5.41, 5.74) is 2.20. The summed E-state index contributed by atoms with van der Waals surface area (Å²) < 4.78 is 0. The molecule has 0 unspecified atom stereocenters. The third-order valence-electron chi connectivity index (χ3n) is 1.47. The van der Waals surface area contributed by atoms with Crippen molar-refractivity contribution in [2.24, 2.45) is 0 Å². The summed E-state index contributed by atoms with van der Waals surface area (Å²) >= 11 is 0. The molecule has 0 rings (SSSR count). The van der Waals surface area contributed by atoms with Gasteiger partial charge in [-0.25, -0.2) is 0 Å². The zero-order valence-corrected chi connectivity index (χ0v) is 13.9. The highest BCUT2D eigenvalue weighted by atomic mass is 14.0. The van der Waals surface area contributed by atoms with Crippen molar-refractivity contribution < 1.29 is 0 Å². The van der Waals surface area contributed by atoms with Crippen LogP contribution in [-0.2, 0) is 0 Å². The maximum atomic E-state index is 3.74. The second kappa shape index (κ2) is 29.6. The Morgan fingerprint density at radius 2 is 0.833 bits per heavy atom. The summed E-state index contributed by atoms with van der Waals surface area (Å²) in [5.74, 6) is 0. The van der Waals surface area contributed by atoms with Gasteiger partial charge in [-0.2, -0.15) is 0 Å². The predicted octanol–water partition coefficient (Wildman–Crippen LogP) is 6.89. The topological polar surface area (TPSA) is 0 Å². The molecule has 0 saturated heterocycles. The van der Waals surface area contributed by atoms with Crippen LogP contribution in [0.3, 0.4) is 0 Å². The predicted molar refractivity (Wildman–Crippen MR) is 91.1 cm³/mol. The smallest absolute Gasteiger partial charge is 0.0194 e. The van der Waals surface area contributed by atoms with Gasteiger partial charge in [-0.15, -0.1) is 0 Å². The maximum absolute atomic E-state index is 3.74. The van der Waals surface area contributed by atoms with Crippen LogP contribution >= 0.6 is 0 Å². The van der Waals surface area contributed by atoms with Crippen LogP contribution in [0.2, 0.25) is 0 Å². The van der Waals surface area contributed by atoms with Crippen molar-refractivity contribution in [3.05, 3.63) is 60.8 Å². The molecule has 0 bridgehead atoms. The van der Waals surface area contributed by atoms with Gasteiger partial charge in [0.05, 0.1) is 0 Å². The first-order valence-corrected chi connectivity index (χ1v) is 7.04. The number of hydrogen-bond donors (Lipinski definition) is 0. The zero-order chi connectivity index (χ0) is 15.4. The molecule has 0 aromatic rings. The lowest BCUT2D eigenvalue weighted by Crippen LogP contribution is -1.78. The Kier molecular flexibility index (Phi) is 42.0. The summed E-state index contributed by atoms with van der Waals surface area (Å²) in [7, 11) is 0. The average Bonchev–Trinajstić information content (AvgIpc) is 2.49. The highest BCUT2D eigenvalue weighted by Gasteiger charge is 1.90. The Bertz CT molecular complexity index is 211. The lowest BCUT2D eigenvalue weighted by atomic mass is 10.1. The molecule has 0 N–H and O–H groups in total. The van der Waals surface area contributed by atoms with Crippen molar-refractivity contribution >= 4 is 0 Å². The highest BCUT2D eigenvalue weighted by molar-refractivity contribution is 5.45. The van der Waals surface area contributed by atoms with Crippen LogP contribution in [0.1, 0.15) is 55.4 Å². The van der Waals surface area contributed by atoms with Crippen LogP contribution < -0.4 is 0 Å². The number of hydrogen-bond acceptors (Lipinski definition) is 0. The third-order valence-corrected chi connectivity index (χ3v) is 1.47. The minimum atomic E-state index is 1.10. The molecule has 0 heterocycles. The summed E-state index contributed by atoms with van der Waals surface area (Å²) in [6.45, 7) is 23.5. The SMILES string of the molecule is C=CC(/C=C\C)=C(C=C)/C=C\C.CC.CC.CC. The third kappa shape index (κ3) is 17.1. The summed E-state index contributed by atoms with van der Waals surface area (Å²) in [6.07, 6.45) is 11.7. The van der Waals surface area contributed by atoms with Crippen molar-refractivity contribution in [1.29, 1.82) is 0 Å². The maximum Gasteiger partial charge on any atom is -0.0194 e. The Hall–Kier alpha value is -1.30. The molecule has 18 heavy (non-hydrogen) atoms. The Morgan fingerprint density at radius 1 is 0.611 bits per heavy atom. The summed E-state index contributed by atoms with van der Waals surface area (Å²) in [6, 6.07) is 0. The van der Waals surface area contributed by atoms with Crippen molar-refractivity contribution in [3.63, 3.8) is 0 Å². The van der Waals surface area contributed by atoms with Crippen LogP contribution in [0.25, 0.3) is 0 Å². The second-order valence-corrected chi connectivity index (χ2v) is 2.32. The van der Waals surface area contributed by atoms with Gasteiger partial charge in [-0.1, -0.05) is 91.2 Å². The average molecular weight is 250 g/mol. The molecule has 0 nitrogen and oxygen atoms in total. The summed E-state index contributed by atoms with van der Waals surface area (Å²) in [5, 5.41) is 0. The molecular weight excluding hydrogens is 216 g/mol. The number of allylic oxidation sites excluding steroid dienone is 8. The lowest BCUT2D eigenvalue weighted by Gasteiger charge is -1.98. The molecule has 0 aliphatic rings. The van der Waals surface area contributed by atoms with Crippen molar-refractivity contribution in [1.82, 2.24) is 0 Å². The van der Waals surface area contributed by atoms with Gasteiger partial charge < -0.3 is 0 Å².